The van der Waals surface area contributed by atoms with Crippen LogP contribution >= 0.6 is 11.9 Å². The van der Waals surface area contributed by atoms with Crippen molar-refractivity contribution in [1.29, 1.82) is 0 Å². The molecule has 0 heterocycles. The van der Waals surface area contributed by atoms with Gasteiger partial charge in [-0.3, -0.25) is 4.79 Å². The molecule has 0 aromatic heterocycles. The number of carbonyl (C=O) groups is 1. The van der Waals surface area contributed by atoms with Gasteiger partial charge in [-0.15, -0.1) is 0 Å². The highest BCUT2D eigenvalue weighted by molar-refractivity contribution is 7.96. The third-order valence-corrected chi connectivity index (χ3v) is 1.39. The van der Waals surface area contributed by atoms with Crippen molar-refractivity contribution in [2.45, 2.75) is 6.92 Å². The number of Topliss-reactive ketones (excluding diaryl/α,β-unsaturated/α-hetero) is 1. The van der Waals surface area contributed by atoms with Crippen LogP contribution in [0, 0.1) is 0 Å². The summed E-state index contributed by atoms with van der Waals surface area (Å²) in [4.78, 5) is 10.4. The summed E-state index contributed by atoms with van der Waals surface area (Å²) in [5, 5.41) is 0. The Morgan fingerprint density at radius 1 is 1.42 bits per heavy atom. The molecule has 1 N–H and O–H groups in total. The molecule has 0 saturated heterocycles. The summed E-state index contributed by atoms with van der Waals surface area (Å²) in [6, 6.07) is 0. The van der Waals surface area contributed by atoms with Crippen molar-refractivity contribution < 1.29 is 14.3 Å². The maximum atomic E-state index is 10.4. The molecule has 0 radical (unpaired) electrons. The Kier molecular flexibility index (Phi) is 8.92. The van der Waals surface area contributed by atoms with E-state index in [4.69, 9.17) is 9.47 Å². The van der Waals surface area contributed by atoms with Crippen LogP contribution in [0.1, 0.15) is 6.92 Å². The van der Waals surface area contributed by atoms with Crippen LogP contribution in [0.5, 0.6) is 0 Å². The Morgan fingerprint density at radius 3 is 2.67 bits per heavy atom. The van der Waals surface area contributed by atoms with Crippen molar-refractivity contribution in [3.63, 3.8) is 0 Å². The van der Waals surface area contributed by atoms with Gasteiger partial charge < -0.3 is 9.47 Å². The third-order valence-electron chi connectivity index (χ3n) is 0.983. The molecule has 0 amide bonds. The number of rotatable bonds is 8. The second kappa shape index (κ2) is 8.99. The van der Waals surface area contributed by atoms with Crippen molar-refractivity contribution in [3.8, 4) is 0 Å². The Morgan fingerprint density at radius 2 is 2.08 bits per heavy atom. The Bertz CT molecular complexity index is 121. The second-order valence-electron chi connectivity index (χ2n) is 2.16. The first kappa shape index (κ1) is 11.9. The lowest BCUT2D eigenvalue weighted by molar-refractivity contribution is -0.121. The molecule has 0 aliphatic carbocycles. The molecule has 5 heteroatoms. The van der Waals surface area contributed by atoms with Crippen molar-refractivity contribution in [3.05, 3.63) is 0 Å². The average Bonchev–Trinajstić information content (AvgIpc) is 2.02. The molecule has 72 valence electrons. The summed E-state index contributed by atoms with van der Waals surface area (Å²) in [7, 11) is 0. The Labute approximate surface area is 77.1 Å². The topological polar surface area (TPSA) is 47.6 Å². The van der Waals surface area contributed by atoms with E-state index in [1.165, 1.54) is 18.9 Å². The van der Waals surface area contributed by atoms with E-state index in [-0.39, 0.29) is 12.4 Å². The molecule has 0 aromatic rings. The number of hydrogen-bond donors (Lipinski definition) is 1. The molecule has 0 fully saturated rings. The van der Waals surface area contributed by atoms with Gasteiger partial charge in [-0.05, 0) is 13.2 Å². The molecule has 0 aliphatic heterocycles. The molecule has 0 saturated carbocycles. The molecule has 0 atom stereocenters. The predicted molar refractivity (Wildman–Crippen MR) is 49.0 cm³/mol. The summed E-state index contributed by atoms with van der Waals surface area (Å²) >= 11 is 1.50. The minimum Gasteiger partial charge on any atom is -0.371 e. The summed E-state index contributed by atoms with van der Waals surface area (Å²) in [5.41, 5.74) is 0. The van der Waals surface area contributed by atoms with Gasteiger partial charge in [0.25, 0.3) is 0 Å². The minimum absolute atomic E-state index is 0.0391. The number of hydrogen-bond acceptors (Lipinski definition) is 5. The van der Waals surface area contributed by atoms with E-state index in [9.17, 15) is 4.79 Å². The standard InChI is InChI=1S/C7H15NO3S/c1-7(9)5-10-3-4-11-6-8-12-2/h8H,3-6H2,1-2H3. The molecule has 4 nitrogen and oxygen atoms in total. The fourth-order valence-corrected chi connectivity index (χ4v) is 0.708. The molecular formula is C7H15NO3S. The Hall–Kier alpha value is -0.100. The number of carbonyl (C=O) groups excluding carboxylic acids is 1. The van der Waals surface area contributed by atoms with Gasteiger partial charge in [0.15, 0.2) is 5.78 Å². The third kappa shape index (κ3) is 9.90. The fraction of sp³-hybridized carbons (Fsp3) is 0.857. The largest absolute Gasteiger partial charge is 0.371 e. The smallest absolute Gasteiger partial charge is 0.155 e. The quantitative estimate of drug-likeness (QED) is 0.344. The van der Waals surface area contributed by atoms with Crippen LogP contribution in [0.25, 0.3) is 0 Å². The highest BCUT2D eigenvalue weighted by Crippen LogP contribution is 1.82. The van der Waals surface area contributed by atoms with Gasteiger partial charge in [0.05, 0.1) is 13.2 Å². The van der Waals surface area contributed by atoms with Gasteiger partial charge >= 0.3 is 0 Å². The molecule has 0 aromatic carbocycles. The molecule has 0 aliphatic rings. The highest BCUT2D eigenvalue weighted by atomic mass is 32.2. The number of ether oxygens (including phenoxy) is 2. The van der Waals surface area contributed by atoms with Crippen LogP contribution in [0.3, 0.4) is 0 Å². The van der Waals surface area contributed by atoms with Gasteiger partial charge in [-0.2, -0.15) is 0 Å². The SMILES string of the molecule is CSNCOCCOCC(C)=O. The van der Waals surface area contributed by atoms with E-state index >= 15 is 0 Å². The number of nitrogens with one attached hydrogen (secondary N) is 1. The van der Waals surface area contributed by atoms with Gasteiger partial charge in [-0.1, -0.05) is 11.9 Å². The molecule has 0 unspecified atom stereocenters. The van der Waals surface area contributed by atoms with E-state index in [1.807, 2.05) is 6.26 Å². The molecule has 12 heavy (non-hydrogen) atoms. The zero-order chi connectivity index (χ0) is 9.23. The van der Waals surface area contributed by atoms with Crippen LogP contribution in [0.2, 0.25) is 0 Å². The summed E-state index contributed by atoms with van der Waals surface area (Å²) in [5.74, 6) is 0.0391. The van der Waals surface area contributed by atoms with Crippen molar-refractivity contribution in [1.82, 2.24) is 4.72 Å². The van der Waals surface area contributed by atoms with E-state index in [2.05, 4.69) is 4.72 Å². The minimum atomic E-state index is 0.0391. The van der Waals surface area contributed by atoms with E-state index in [1.54, 1.807) is 0 Å². The molecular weight excluding hydrogens is 178 g/mol. The van der Waals surface area contributed by atoms with Crippen molar-refractivity contribution >= 4 is 17.7 Å². The van der Waals surface area contributed by atoms with E-state index < -0.39 is 0 Å². The van der Waals surface area contributed by atoms with Crippen LogP contribution in [-0.2, 0) is 14.3 Å². The van der Waals surface area contributed by atoms with Crippen LogP contribution in [0.4, 0.5) is 0 Å². The summed E-state index contributed by atoms with van der Waals surface area (Å²) in [6.45, 7) is 3.16. The first-order valence-electron chi connectivity index (χ1n) is 3.68. The molecule has 0 spiro atoms. The van der Waals surface area contributed by atoms with Crippen LogP contribution < -0.4 is 4.72 Å². The summed E-state index contributed by atoms with van der Waals surface area (Å²) in [6.07, 6.45) is 1.93. The molecule has 0 rings (SSSR count). The fourth-order valence-electron chi connectivity index (χ4n) is 0.507. The lowest BCUT2D eigenvalue weighted by Gasteiger charge is -2.03. The van der Waals surface area contributed by atoms with E-state index in [0.717, 1.165) is 0 Å². The lowest BCUT2D eigenvalue weighted by atomic mass is 10.5. The van der Waals surface area contributed by atoms with Gasteiger partial charge in [0.2, 0.25) is 0 Å². The highest BCUT2D eigenvalue weighted by Gasteiger charge is 1.92. The van der Waals surface area contributed by atoms with Crippen molar-refractivity contribution in [2.24, 2.45) is 0 Å². The normalized spacial score (nSPS) is 10.2. The van der Waals surface area contributed by atoms with Gasteiger partial charge in [0.1, 0.15) is 13.3 Å². The maximum absolute atomic E-state index is 10.4. The lowest BCUT2D eigenvalue weighted by Crippen LogP contribution is -2.14. The first-order chi connectivity index (χ1) is 5.77. The van der Waals surface area contributed by atoms with Crippen molar-refractivity contribution in [2.75, 3.05) is 32.8 Å². The average molecular weight is 193 g/mol. The maximum Gasteiger partial charge on any atom is 0.155 e. The van der Waals surface area contributed by atoms with Gasteiger partial charge in [-0.25, -0.2) is 4.72 Å². The number of ketones is 1. The summed E-state index contributed by atoms with van der Waals surface area (Å²) < 4.78 is 13.0. The first-order valence-corrected chi connectivity index (χ1v) is 4.90. The van der Waals surface area contributed by atoms with Crippen LogP contribution in [-0.4, -0.2) is 38.6 Å². The van der Waals surface area contributed by atoms with Crippen LogP contribution in [0.15, 0.2) is 0 Å². The predicted octanol–water partition coefficient (Wildman–Crippen LogP) is 0.434. The van der Waals surface area contributed by atoms with Gasteiger partial charge in [0, 0.05) is 0 Å². The zero-order valence-electron chi connectivity index (χ0n) is 7.46. The monoisotopic (exact) mass is 193 g/mol. The van der Waals surface area contributed by atoms with E-state index in [0.29, 0.717) is 19.9 Å². The Balaban J connectivity index is 2.86. The second-order valence-corrected chi connectivity index (χ2v) is 2.85. The zero-order valence-corrected chi connectivity index (χ0v) is 8.28. The molecule has 0 bridgehead atoms.